The lowest BCUT2D eigenvalue weighted by Gasteiger charge is -2.09. The molecule has 0 radical (unpaired) electrons. The number of aryl methyl sites for hydroxylation is 1. The molecule has 0 aliphatic carbocycles. The van der Waals surface area contributed by atoms with Gasteiger partial charge < -0.3 is 4.74 Å². The van der Waals surface area contributed by atoms with Crippen LogP contribution in [0.3, 0.4) is 0 Å². The summed E-state index contributed by atoms with van der Waals surface area (Å²) in [7, 11) is 0. The first kappa shape index (κ1) is 10.3. The summed E-state index contributed by atoms with van der Waals surface area (Å²) >= 11 is 0. The molecule has 0 saturated carbocycles. The summed E-state index contributed by atoms with van der Waals surface area (Å²) < 4.78 is 19.0. The van der Waals surface area contributed by atoms with Crippen LogP contribution in [0.4, 0.5) is 4.39 Å². The van der Waals surface area contributed by atoms with Gasteiger partial charge in [-0.25, -0.2) is 4.39 Å². The number of hydrogen-bond donors (Lipinski definition) is 0. The van der Waals surface area contributed by atoms with Crippen LogP contribution in [0.5, 0.6) is 5.75 Å². The van der Waals surface area contributed by atoms with Gasteiger partial charge in [0.1, 0.15) is 11.6 Å². The Hall–Kier alpha value is -1.83. The molecule has 0 saturated heterocycles. The van der Waals surface area contributed by atoms with Crippen molar-refractivity contribution in [2.45, 2.75) is 13.3 Å². The van der Waals surface area contributed by atoms with Gasteiger partial charge in [-0.05, 0) is 41.8 Å². The van der Waals surface area contributed by atoms with Gasteiger partial charge in [0.05, 0.1) is 6.61 Å². The van der Waals surface area contributed by atoms with E-state index in [1.165, 1.54) is 11.6 Å². The first-order valence-electron chi connectivity index (χ1n) is 5.76. The molecule has 0 atom stereocenters. The Bertz CT molecular complexity index is 524. The minimum atomic E-state index is -0.181. The second-order valence-corrected chi connectivity index (χ2v) is 4.40. The van der Waals surface area contributed by atoms with Crippen LogP contribution < -0.4 is 4.74 Å². The zero-order chi connectivity index (χ0) is 11.8. The Labute approximate surface area is 99.9 Å². The Morgan fingerprint density at radius 1 is 1.06 bits per heavy atom. The van der Waals surface area contributed by atoms with E-state index >= 15 is 0 Å². The van der Waals surface area contributed by atoms with E-state index in [-0.39, 0.29) is 5.82 Å². The Morgan fingerprint density at radius 3 is 2.76 bits per heavy atom. The molecule has 1 nitrogen and oxygen atoms in total. The van der Waals surface area contributed by atoms with Gasteiger partial charge in [0.2, 0.25) is 0 Å². The van der Waals surface area contributed by atoms with Crippen molar-refractivity contribution in [1.29, 1.82) is 0 Å². The van der Waals surface area contributed by atoms with Crippen molar-refractivity contribution in [2.75, 3.05) is 6.61 Å². The average molecular weight is 228 g/mol. The van der Waals surface area contributed by atoms with Crippen LogP contribution in [0.2, 0.25) is 0 Å². The second kappa shape index (κ2) is 3.88. The molecule has 2 aromatic rings. The highest BCUT2D eigenvalue weighted by Crippen LogP contribution is 2.36. The number of ether oxygens (including phenoxy) is 1. The van der Waals surface area contributed by atoms with Crippen molar-refractivity contribution >= 4 is 0 Å². The zero-order valence-electron chi connectivity index (χ0n) is 9.66. The molecule has 1 aliphatic heterocycles. The van der Waals surface area contributed by atoms with Crippen molar-refractivity contribution in [3.63, 3.8) is 0 Å². The highest BCUT2D eigenvalue weighted by Gasteiger charge is 2.15. The number of benzene rings is 2. The van der Waals surface area contributed by atoms with E-state index in [9.17, 15) is 4.39 Å². The summed E-state index contributed by atoms with van der Waals surface area (Å²) in [6, 6.07) is 11.1. The molecule has 1 heterocycles. The molecule has 0 aromatic heterocycles. The van der Waals surface area contributed by atoms with Gasteiger partial charge in [0.15, 0.2) is 0 Å². The van der Waals surface area contributed by atoms with Crippen molar-refractivity contribution < 1.29 is 9.13 Å². The molecule has 2 heteroatoms. The first-order valence-corrected chi connectivity index (χ1v) is 5.76. The molecule has 86 valence electrons. The van der Waals surface area contributed by atoms with E-state index in [0.717, 1.165) is 28.9 Å². The lowest BCUT2D eigenvalue weighted by Crippen LogP contribution is -1.98. The Kier molecular flexibility index (Phi) is 2.36. The first-order chi connectivity index (χ1) is 8.24. The normalized spacial score (nSPS) is 13.3. The van der Waals surface area contributed by atoms with E-state index in [1.807, 2.05) is 25.1 Å². The van der Waals surface area contributed by atoms with E-state index in [1.54, 1.807) is 6.07 Å². The fourth-order valence-electron chi connectivity index (χ4n) is 2.27. The zero-order valence-corrected chi connectivity index (χ0v) is 9.66. The van der Waals surface area contributed by atoms with Gasteiger partial charge in [0.25, 0.3) is 0 Å². The molecular formula is C15H13FO. The van der Waals surface area contributed by atoms with Crippen LogP contribution in [0, 0.1) is 12.7 Å². The van der Waals surface area contributed by atoms with Crippen molar-refractivity contribution in [1.82, 2.24) is 0 Å². The largest absolute Gasteiger partial charge is 0.493 e. The molecule has 17 heavy (non-hydrogen) atoms. The second-order valence-electron chi connectivity index (χ2n) is 4.40. The molecule has 0 spiro atoms. The van der Waals surface area contributed by atoms with E-state index in [2.05, 4.69) is 6.07 Å². The maximum absolute atomic E-state index is 13.2. The standard InChI is InChI=1S/C15H13FO/c1-10-2-4-14-13-5-3-12(16)9-11(13)6-7-17-15(14)8-10/h2-5,8-9H,6-7H2,1H3. The lowest BCUT2D eigenvalue weighted by molar-refractivity contribution is 0.326. The Morgan fingerprint density at radius 2 is 1.88 bits per heavy atom. The third kappa shape index (κ3) is 1.80. The van der Waals surface area contributed by atoms with Crippen LogP contribution in [0.1, 0.15) is 11.1 Å². The minimum absolute atomic E-state index is 0.181. The topological polar surface area (TPSA) is 9.23 Å². The van der Waals surface area contributed by atoms with Gasteiger partial charge in [-0.15, -0.1) is 0 Å². The molecule has 0 fully saturated rings. The van der Waals surface area contributed by atoms with E-state index < -0.39 is 0 Å². The summed E-state index contributed by atoms with van der Waals surface area (Å²) in [6.07, 6.45) is 0.751. The van der Waals surface area contributed by atoms with Crippen molar-refractivity contribution in [3.8, 4) is 16.9 Å². The smallest absolute Gasteiger partial charge is 0.127 e. The summed E-state index contributed by atoms with van der Waals surface area (Å²) in [6.45, 7) is 2.65. The molecule has 0 amide bonds. The molecule has 3 rings (SSSR count). The molecule has 0 N–H and O–H groups in total. The summed E-state index contributed by atoms with van der Waals surface area (Å²) in [4.78, 5) is 0. The fraction of sp³-hybridized carbons (Fsp3) is 0.200. The summed E-state index contributed by atoms with van der Waals surface area (Å²) in [5, 5.41) is 0. The van der Waals surface area contributed by atoms with Gasteiger partial charge in [0, 0.05) is 12.0 Å². The van der Waals surface area contributed by atoms with Crippen molar-refractivity contribution in [2.24, 2.45) is 0 Å². The summed E-state index contributed by atoms with van der Waals surface area (Å²) in [5.41, 5.74) is 4.34. The van der Waals surface area contributed by atoms with Crippen LogP contribution >= 0.6 is 0 Å². The van der Waals surface area contributed by atoms with E-state index in [0.29, 0.717) is 6.61 Å². The number of rotatable bonds is 0. The third-order valence-electron chi connectivity index (χ3n) is 3.12. The number of halogens is 1. The Balaban J connectivity index is 2.24. The molecule has 0 unspecified atom stereocenters. The monoisotopic (exact) mass is 228 g/mol. The number of fused-ring (bicyclic) bond motifs is 3. The maximum Gasteiger partial charge on any atom is 0.127 e. The summed E-state index contributed by atoms with van der Waals surface area (Å²) in [5.74, 6) is 0.717. The van der Waals surface area contributed by atoms with Crippen LogP contribution in [-0.2, 0) is 6.42 Å². The van der Waals surface area contributed by atoms with Gasteiger partial charge in [-0.1, -0.05) is 18.2 Å². The fourth-order valence-corrected chi connectivity index (χ4v) is 2.27. The highest BCUT2D eigenvalue weighted by molar-refractivity contribution is 5.74. The van der Waals surface area contributed by atoms with Gasteiger partial charge >= 0.3 is 0 Å². The van der Waals surface area contributed by atoms with Gasteiger partial charge in [-0.2, -0.15) is 0 Å². The quantitative estimate of drug-likeness (QED) is 0.667. The molecule has 2 aromatic carbocycles. The van der Waals surface area contributed by atoms with Crippen LogP contribution in [0.15, 0.2) is 36.4 Å². The molecule has 0 bridgehead atoms. The molecular weight excluding hydrogens is 215 g/mol. The van der Waals surface area contributed by atoms with Gasteiger partial charge in [-0.3, -0.25) is 0 Å². The SMILES string of the molecule is Cc1ccc2c(c1)OCCc1cc(F)ccc1-2. The number of hydrogen-bond acceptors (Lipinski definition) is 1. The average Bonchev–Trinajstić information content (AvgIpc) is 2.47. The van der Waals surface area contributed by atoms with E-state index in [4.69, 9.17) is 4.74 Å². The van der Waals surface area contributed by atoms with Crippen LogP contribution in [0.25, 0.3) is 11.1 Å². The predicted molar refractivity (Wildman–Crippen MR) is 65.8 cm³/mol. The lowest BCUT2D eigenvalue weighted by atomic mass is 9.97. The minimum Gasteiger partial charge on any atom is -0.493 e. The maximum atomic E-state index is 13.2. The highest BCUT2D eigenvalue weighted by atomic mass is 19.1. The van der Waals surface area contributed by atoms with Crippen molar-refractivity contribution in [3.05, 3.63) is 53.3 Å². The predicted octanol–water partition coefficient (Wildman–Crippen LogP) is 3.74. The molecule has 1 aliphatic rings. The van der Waals surface area contributed by atoms with Crippen LogP contribution in [-0.4, -0.2) is 6.61 Å². The third-order valence-corrected chi connectivity index (χ3v) is 3.12.